The second-order valence-electron chi connectivity index (χ2n) is 4.27. The van der Waals surface area contributed by atoms with Crippen molar-refractivity contribution in [3.05, 3.63) is 59.4 Å². The summed E-state index contributed by atoms with van der Waals surface area (Å²) >= 11 is 0. The Balaban J connectivity index is 1.98. The van der Waals surface area contributed by atoms with E-state index in [1.165, 1.54) is 18.2 Å². The van der Waals surface area contributed by atoms with Crippen molar-refractivity contribution in [3.8, 4) is 5.75 Å². The van der Waals surface area contributed by atoms with Gasteiger partial charge < -0.3 is 15.8 Å². The van der Waals surface area contributed by atoms with Crippen molar-refractivity contribution in [3.63, 3.8) is 0 Å². The highest BCUT2D eigenvalue weighted by atomic mass is 19.1. The lowest BCUT2D eigenvalue weighted by atomic mass is 10.1. The number of rotatable bonds is 4. The van der Waals surface area contributed by atoms with Crippen LogP contribution in [0.25, 0.3) is 0 Å². The molecule has 2 aromatic rings. The van der Waals surface area contributed by atoms with Crippen LogP contribution in [-0.4, -0.2) is 13.0 Å². The Morgan fingerprint density at radius 2 is 1.95 bits per heavy atom. The molecule has 0 heterocycles. The van der Waals surface area contributed by atoms with E-state index in [9.17, 15) is 9.18 Å². The molecule has 20 heavy (non-hydrogen) atoms. The number of ether oxygens (including phenoxy) is 1. The molecule has 0 aliphatic carbocycles. The van der Waals surface area contributed by atoms with Crippen LogP contribution in [0.1, 0.15) is 15.9 Å². The first-order chi connectivity index (χ1) is 9.60. The Kier molecular flexibility index (Phi) is 4.20. The lowest BCUT2D eigenvalue weighted by Crippen LogP contribution is -2.22. The maximum Gasteiger partial charge on any atom is 0.251 e. The Morgan fingerprint density at radius 1 is 1.25 bits per heavy atom. The summed E-state index contributed by atoms with van der Waals surface area (Å²) in [4.78, 5) is 11.9. The topological polar surface area (TPSA) is 64.3 Å². The summed E-state index contributed by atoms with van der Waals surface area (Å²) in [5, 5.41) is 2.74. The first-order valence-electron chi connectivity index (χ1n) is 6.06. The van der Waals surface area contributed by atoms with Gasteiger partial charge in [0, 0.05) is 12.1 Å². The number of amides is 1. The SMILES string of the molecule is COc1ccc(CNC(=O)c2ccc(F)c(N)c2)cc1. The zero-order valence-electron chi connectivity index (χ0n) is 11.0. The molecule has 0 saturated heterocycles. The van der Waals surface area contributed by atoms with Crippen LogP contribution in [0.5, 0.6) is 5.75 Å². The summed E-state index contributed by atoms with van der Waals surface area (Å²) in [7, 11) is 1.59. The highest BCUT2D eigenvalue weighted by molar-refractivity contribution is 5.94. The average molecular weight is 274 g/mol. The normalized spacial score (nSPS) is 10.1. The molecule has 0 spiro atoms. The van der Waals surface area contributed by atoms with E-state index in [1.807, 2.05) is 24.3 Å². The van der Waals surface area contributed by atoms with Gasteiger partial charge in [-0.25, -0.2) is 4.39 Å². The molecule has 0 fully saturated rings. The van der Waals surface area contributed by atoms with E-state index < -0.39 is 5.82 Å². The molecule has 1 amide bonds. The molecule has 0 aromatic heterocycles. The van der Waals surface area contributed by atoms with E-state index in [-0.39, 0.29) is 11.6 Å². The number of nitrogens with two attached hydrogens (primary N) is 1. The molecule has 0 radical (unpaired) electrons. The molecule has 4 nitrogen and oxygen atoms in total. The van der Waals surface area contributed by atoms with Crippen LogP contribution in [0.3, 0.4) is 0 Å². The summed E-state index contributed by atoms with van der Waals surface area (Å²) in [6.45, 7) is 0.375. The van der Waals surface area contributed by atoms with Crippen LogP contribution in [0.4, 0.5) is 10.1 Å². The van der Waals surface area contributed by atoms with Crippen molar-refractivity contribution in [1.82, 2.24) is 5.32 Å². The molecule has 104 valence electrons. The molecular formula is C15H15FN2O2. The van der Waals surface area contributed by atoms with Gasteiger partial charge in [0.2, 0.25) is 0 Å². The number of carbonyl (C=O) groups is 1. The van der Waals surface area contributed by atoms with Gasteiger partial charge >= 0.3 is 0 Å². The first kappa shape index (κ1) is 13.9. The maximum atomic E-state index is 13.0. The minimum Gasteiger partial charge on any atom is -0.497 e. The summed E-state index contributed by atoms with van der Waals surface area (Å²) < 4.78 is 18.1. The first-order valence-corrected chi connectivity index (χ1v) is 6.06. The van der Waals surface area contributed by atoms with Gasteiger partial charge in [0.25, 0.3) is 5.91 Å². The van der Waals surface area contributed by atoms with Crippen molar-refractivity contribution in [2.24, 2.45) is 0 Å². The third kappa shape index (κ3) is 3.26. The smallest absolute Gasteiger partial charge is 0.251 e. The van der Waals surface area contributed by atoms with Gasteiger partial charge in [0.05, 0.1) is 12.8 Å². The van der Waals surface area contributed by atoms with E-state index in [1.54, 1.807) is 7.11 Å². The number of anilines is 1. The van der Waals surface area contributed by atoms with Crippen molar-refractivity contribution < 1.29 is 13.9 Å². The molecular weight excluding hydrogens is 259 g/mol. The van der Waals surface area contributed by atoms with Crippen LogP contribution in [0.15, 0.2) is 42.5 Å². The molecule has 3 N–H and O–H groups in total. The van der Waals surface area contributed by atoms with E-state index in [2.05, 4.69) is 5.32 Å². The minimum atomic E-state index is -0.531. The molecule has 0 aliphatic heterocycles. The Bertz CT molecular complexity index is 612. The quantitative estimate of drug-likeness (QED) is 0.841. The summed E-state index contributed by atoms with van der Waals surface area (Å²) in [5.41, 5.74) is 6.66. The number of halogens is 1. The van der Waals surface area contributed by atoms with Crippen LogP contribution in [-0.2, 0) is 6.54 Å². The third-order valence-corrected chi connectivity index (χ3v) is 2.87. The van der Waals surface area contributed by atoms with Crippen LogP contribution in [0.2, 0.25) is 0 Å². The predicted octanol–water partition coefficient (Wildman–Crippen LogP) is 2.35. The van der Waals surface area contributed by atoms with Crippen molar-refractivity contribution >= 4 is 11.6 Å². The third-order valence-electron chi connectivity index (χ3n) is 2.87. The molecule has 2 aromatic carbocycles. The standard InChI is InChI=1S/C15H15FN2O2/c1-20-12-5-2-10(3-6-12)9-18-15(19)11-4-7-13(16)14(17)8-11/h2-8H,9,17H2,1H3,(H,18,19). The molecule has 0 bridgehead atoms. The fourth-order valence-corrected chi connectivity index (χ4v) is 1.71. The van der Waals surface area contributed by atoms with E-state index in [0.717, 1.165) is 11.3 Å². The van der Waals surface area contributed by atoms with Gasteiger partial charge in [-0.2, -0.15) is 0 Å². The lowest BCUT2D eigenvalue weighted by molar-refractivity contribution is 0.0951. The van der Waals surface area contributed by atoms with Gasteiger partial charge in [-0.15, -0.1) is 0 Å². The molecule has 2 rings (SSSR count). The van der Waals surface area contributed by atoms with Gasteiger partial charge in [-0.05, 0) is 35.9 Å². The van der Waals surface area contributed by atoms with E-state index >= 15 is 0 Å². The zero-order chi connectivity index (χ0) is 14.5. The second-order valence-corrected chi connectivity index (χ2v) is 4.27. The molecule has 5 heteroatoms. The number of nitrogens with one attached hydrogen (secondary N) is 1. The van der Waals surface area contributed by atoms with Gasteiger partial charge in [-0.1, -0.05) is 12.1 Å². The van der Waals surface area contributed by atoms with E-state index in [4.69, 9.17) is 10.5 Å². The lowest BCUT2D eigenvalue weighted by Gasteiger charge is -2.07. The number of hydrogen-bond acceptors (Lipinski definition) is 3. The Morgan fingerprint density at radius 3 is 2.55 bits per heavy atom. The molecule has 0 saturated carbocycles. The Hall–Kier alpha value is -2.56. The zero-order valence-corrected chi connectivity index (χ0v) is 11.0. The monoisotopic (exact) mass is 274 g/mol. The number of nitrogen functional groups attached to an aromatic ring is 1. The fourth-order valence-electron chi connectivity index (χ4n) is 1.71. The predicted molar refractivity (Wildman–Crippen MR) is 75.0 cm³/mol. The van der Waals surface area contributed by atoms with E-state index in [0.29, 0.717) is 12.1 Å². The van der Waals surface area contributed by atoms with Crippen LogP contribution < -0.4 is 15.8 Å². The van der Waals surface area contributed by atoms with Crippen molar-refractivity contribution in [2.75, 3.05) is 12.8 Å². The average Bonchev–Trinajstić information content (AvgIpc) is 2.48. The van der Waals surface area contributed by atoms with Crippen LogP contribution >= 0.6 is 0 Å². The number of hydrogen-bond donors (Lipinski definition) is 2. The highest BCUT2D eigenvalue weighted by Crippen LogP contribution is 2.13. The number of carbonyl (C=O) groups excluding carboxylic acids is 1. The van der Waals surface area contributed by atoms with Gasteiger partial charge in [0.15, 0.2) is 0 Å². The molecule has 0 aliphatic rings. The molecule has 0 atom stereocenters. The van der Waals surface area contributed by atoms with Crippen molar-refractivity contribution in [2.45, 2.75) is 6.54 Å². The number of benzene rings is 2. The van der Waals surface area contributed by atoms with Crippen molar-refractivity contribution in [1.29, 1.82) is 0 Å². The Labute approximate surface area is 116 Å². The maximum absolute atomic E-state index is 13.0. The summed E-state index contributed by atoms with van der Waals surface area (Å²) in [6, 6.07) is 11.2. The fraction of sp³-hybridized carbons (Fsp3) is 0.133. The highest BCUT2D eigenvalue weighted by Gasteiger charge is 2.07. The minimum absolute atomic E-state index is 0.0397. The number of methoxy groups -OCH3 is 1. The largest absolute Gasteiger partial charge is 0.497 e. The van der Waals surface area contributed by atoms with Gasteiger partial charge in [0.1, 0.15) is 11.6 Å². The van der Waals surface area contributed by atoms with Gasteiger partial charge in [-0.3, -0.25) is 4.79 Å². The van der Waals surface area contributed by atoms with Crippen LogP contribution in [0, 0.1) is 5.82 Å². The summed E-state index contributed by atoms with van der Waals surface area (Å²) in [6.07, 6.45) is 0. The summed E-state index contributed by atoms with van der Waals surface area (Å²) in [5.74, 6) is -0.0735. The molecule has 0 unspecified atom stereocenters. The second kappa shape index (κ2) is 6.06.